The van der Waals surface area contributed by atoms with Gasteiger partial charge in [-0.3, -0.25) is 4.79 Å². The van der Waals surface area contributed by atoms with Gasteiger partial charge >= 0.3 is 0 Å². The molecule has 2 aromatic carbocycles. The van der Waals surface area contributed by atoms with E-state index < -0.39 is 5.92 Å². The van der Waals surface area contributed by atoms with E-state index in [1.165, 1.54) is 0 Å². The van der Waals surface area contributed by atoms with Crippen LogP contribution in [-0.2, 0) is 17.9 Å². The molecule has 0 radical (unpaired) electrons. The number of carbonyl (C=O) groups excluding carboxylic acids is 1. The minimum atomic E-state index is -0.438. The minimum absolute atomic E-state index is 0.00907. The molecule has 1 atom stereocenters. The van der Waals surface area contributed by atoms with Crippen LogP contribution in [0.2, 0.25) is 0 Å². The summed E-state index contributed by atoms with van der Waals surface area (Å²) in [5.41, 5.74) is 8.03. The van der Waals surface area contributed by atoms with E-state index in [0.29, 0.717) is 13.1 Å². The van der Waals surface area contributed by atoms with Gasteiger partial charge < -0.3 is 10.6 Å². The SMILES string of the molecule is CC(C)C(C(=O)N(Cc1ccccc1)Cc1ccccc1)C(N)=S. The fraction of sp³-hybridized carbons (Fsp3) is 0.300. The van der Waals surface area contributed by atoms with E-state index >= 15 is 0 Å². The molecule has 3 nitrogen and oxygen atoms in total. The average molecular weight is 340 g/mol. The van der Waals surface area contributed by atoms with Gasteiger partial charge in [0.1, 0.15) is 0 Å². The Hall–Kier alpha value is -2.20. The molecule has 2 rings (SSSR count). The summed E-state index contributed by atoms with van der Waals surface area (Å²) in [6.07, 6.45) is 0. The number of amides is 1. The standard InChI is InChI=1S/C20H24N2OS/c1-15(2)18(19(21)24)20(23)22(13-16-9-5-3-6-10-16)14-17-11-7-4-8-12-17/h3-12,15,18H,13-14H2,1-2H3,(H2,21,24). The highest BCUT2D eigenvalue weighted by Crippen LogP contribution is 2.19. The molecule has 1 unspecified atom stereocenters. The molecule has 0 saturated heterocycles. The molecule has 0 aromatic heterocycles. The van der Waals surface area contributed by atoms with Crippen LogP contribution in [0.25, 0.3) is 0 Å². The van der Waals surface area contributed by atoms with Crippen LogP contribution < -0.4 is 5.73 Å². The molecule has 0 heterocycles. The second kappa shape index (κ2) is 8.60. The number of rotatable bonds is 7. The van der Waals surface area contributed by atoms with Gasteiger partial charge in [0.15, 0.2) is 0 Å². The topological polar surface area (TPSA) is 46.3 Å². The summed E-state index contributed by atoms with van der Waals surface area (Å²) in [7, 11) is 0. The highest BCUT2D eigenvalue weighted by Gasteiger charge is 2.29. The molecule has 4 heteroatoms. The quantitative estimate of drug-likeness (QED) is 0.780. The number of benzene rings is 2. The summed E-state index contributed by atoms with van der Waals surface area (Å²) in [6, 6.07) is 20.0. The molecule has 0 aliphatic heterocycles. The van der Waals surface area contributed by atoms with Crippen LogP contribution in [0, 0.1) is 11.8 Å². The Labute approximate surface area is 149 Å². The fourth-order valence-electron chi connectivity index (χ4n) is 2.75. The van der Waals surface area contributed by atoms with Crippen LogP contribution in [0.1, 0.15) is 25.0 Å². The summed E-state index contributed by atoms with van der Waals surface area (Å²) in [6.45, 7) is 5.04. The predicted octanol–water partition coefficient (Wildman–Crippen LogP) is 3.77. The number of carbonyl (C=O) groups is 1. The zero-order valence-electron chi connectivity index (χ0n) is 14.2. The molecule has 0 aliphatic rings. The van der Waals surface area contributed by atoms with Crippen molar-refractivity contribution in [3.63, 3.8) is 0 Å². The minimum Gasteiger partial charge on any atom is -0.393 e. The summed E-state index contributed by atoms with van der Waals surface area (Å²) >= 11 is 5.15. The Morgan fingerprint density at radius 1 is 0.958 bits per heavy atom. The third-order valence-electron chi connectivity index (χ3n) is 3.98. The van der Waals surface area contributed by atoms with Crippen molar-refractivity contribution >= 4 is 23.1 Å². The monoisotopic (exact) mass is 340 g/mol. The molecular formula is C20H24N2OS. The van der Waals surface area contributed by atoms with Crippen molar-refractivity contribution in [3.05, 3.63) is 71.8 Å². The second-order valence-corrected chi connectivity index (χ2v) is 6.76. The van der Waals surface area contributed by atoms with Crippen molar-refractivity contribution in [2.24, 2.45) is 17.6 Å². The zero-order chi connectivity index (χ0) is 17.5. The van der Waals surface area contributed by atoms with Crippen molar-refractivity contribution in [2.75, 3.05) is 0 Å². The number of thiocarbonyl (C=S) groups is 1. The Kier molecular flexibility index (Phi) is 6.50. The Bertz CT molecular complexity index is 629. The molecule has 1 amide bonds. The normalized spacial score (nSPS) is 12.0. The highest BCUT2D eigenvalue weighted by atomic mass is 32.1. The van der Waals surface area contributed by atoms with Crippen LogP contribution in [-0.4, -0.2) is 15.8 Å². The van der Waals surface area contributed by atoms with Gasteiger partial charge in [-0.2, -0.15) is 0 Å². The zero-order valence-corrected chi connectivity index (χ0v) is 15.0. The molecular weight excluding hydrogens is 316 g/mol. The average Bonchev–Trinajstić information content (AvgIpc) is 2.55. The van der Waals surface area contributed by atoms with Gasteiger partial charge in [0.25, 0.3) is 0 Å². The molecule has 24 heavy (non-hydrogen) atoms. The van der Waals surface area contributed by atoms with Gasteiger partial charge in [0.05, 0.1) is 10.9 Å². The van der Waals surface area contributed by atoms with Gasteiger partial charge in [0, 0.05) is 13.1 Å². The molecule has 0 fully saturated rings. The van der Waals surface area contributed by atoms with Gasteiger partial charge in [-0.05, 0) is 17.0 Å². The Morgan fingerprint density at radius 2 is 1.38 bits per heavy atom. The predicted molar refractivity (Wildman–Crippen MR) is 102 cm³/mol. The van der Waals surface area contributed by atoms with E-state index in [1.54, 1.807) is 0 Å². The van der Waals surface area contributed by atoms with E-state index in [-0.39, 0.29) is 16.8 Å². The molecule has 0 spiro atoms. The first-order chi connectivity index (χ1) is 11.5. The first-order valence-electron chi connectivity index (χ1n) is 8.15. The second-order valence-electron chi connectivity index (χ2n) is 6.29. The third-order valence-corrected chi connectivity index (χ3v) is 4.24. The van der Waals surface area contributed by atoms with Crippen molar-refractivity contribution in [1.82, 2.24) is 4.90 Å². The fourth-order valence-corrected chi connectivity index (χ4v) is 3.12. The van der Waals surface area contributed by atoms with Crippen molar-refractivity contribution in [1.29, 1.82) is 0 Å². The summed E-state index contributed by atoms with van der Waals surface area (Å²) in [4.78, 5) is 15.2. The smallest absolute Gasteiger partial charge is 0.233 e. The van der Waals surface area contributed by atoms with Gasteiger partial charge in [-0.15, -0.1) is 0 Å². The van der Waals surface area contributed by atoms with E-state index in [4.69, 9.17) is 18.0 Å². The van der Waals surface area contributed by atoms with Crippen LogP contribution in [0.15, 0.2) is 60.7 Å². The van der Waals surface area contributed by atoms with Crippen LogP contribution >= 0.6 is 12.2 Å². The maximum absolute atomic E-state index is 13.1. The number of nitrogens with zero attached hydrogens (tertiary/aromatic N) is 1. The lowest BCUT2D eigenvalue weighted by molar-refractivity contribution is -0.135. The van der Waals surface area contributed by atoms with Gasteiger partial charge in [-0.1, -0.05) is 86.7 Å². The number of hydrogen-bond donors (Lipinski definition) is 1. The van der Waals surface area contributed by atoms with E-state index in [0.717, 1.165) is 11.1 Å². The van der Waals surface area contributed by atoms with Crippen molar-refractivity contribution in [3.8, 4) is 0 Å². The number of nitrogens with two attached hydrogens (primary N) is 1. The number of hydrogen-bond acceptors (Lipinski definition) is 2. The Morgan fingerprint density at radius 3 is 1.71 bits per heavy atom. The largest absolute Gasteiger partial charge is 0.393 e. The lowest BCUT2D eigenvalue weighted by Gasteiger charge is -2.29. The molecule has 0 bridgehead atoms. The molecule has 0 saturated carbocycles. The van der Waals surface area contributed by atoms with E-state index in [9.17, 15) is 4.79 Å². The molecule has 2 N–H and O–H groups in total. The first kappa shape index (κ1) is 18.1. The summed E-state index contributed by atoms with van der Waals surface area (Å²) in [5.74, 6) is -0.373. The summed E-state index contributed by atoms with van der Waals surface area (Å²) in [5, 5.41) is 0. The maximum Gasteiger partial charge on any atom is 0.233 e. The van der Waals surface area contributed by atoms with Crippen LogP contribution in [0.4, 0.5) is 0 Å². The molecule has 126 valence electrons. The van der Waals surface area contributed by atoms with Crippen molar-refractivity contribution in [2.45, 2.75) is 26.9 Å². The van der Waals surface area contributed by atoms with Gasteiger partial charge in [-0.25, -0.2) is 0 Å². The van der Waals surface area contributed by atoms with E-state index in [1.807, 2.05) is 79.4 Å². The maximum atomic E-state index is 13.1. The highest BCUT2D eigenvalue weighted by molar-refractivity contribution is 7.80. The molecule has 2 aromatic rings. The van der Waals surface area contributed by atoms with Crippen LogP contribution in [0.5, 0.6) is 0 Å². The van der Waals surface area contributed by atoms with Crippen molar-refractivity contribution < 1.29 is 4.79 Å². The molecule has 0 aliphatic carbocycles. The lowest BCUT2D eigenvalue weighted by atomic mass is 9.94. The third kappa shape index (κ3) is 4.90. The lowest BCUT2D eigenvalue weighted by Crippen LogP contribution is -2.43. The first-order valence-corrected chi connectivity index (χ1v) is 8.56. The summed E-state index contributed by atoms with van der Waals surface area (Å²) < 4.78 is 0. The Balaban J connectivity index is 2.27. The van der Waals surface area contributed by atoms with Gasteiger partial charge in [0.2, 0.25) is 5.91 Å². The van der Waals surface area contributed by atoms with E-state index in [2.05, 4.69) is 0 Å². The van der Waals surface area contributed by atoms with Crippen LogP contribution in [0.3, 0.4) is 0 Å².